The number of halogens is 8. The van der Waals surface area contributed by atoms with Crippen molar-refractivity contribution in [2.24, 2.45) is 4.99 Å². The van der Waals surface area contributed by atoms with Gasteiger partial charge in [0.25, 0.3) is 0 Å². The highest BCUT2D eigenvalue weighted by atomic mass is 32.1. The zero-order chi connectivity index (χ0) is 34.6. The van der Waals surface area contributed by atoms with Gasteiger partial charge in [-0.2, -0.15) is 13.8 Å². The molecule has 1 aromatic heterocycles. The van der Waals surface area contributed by atoms with E-state index in [4.69, 9.17) is 0 Å². The van der Waals surface area contributed by atoms with Gasteiger partial charge >= 0.3 is 6.11 Å². The van der Waals surface area contributed by atoms with E-state index in [1.165, 1.54) is 18.2 Å². The second-order valence-corrected chi connectivity index (χ2v) is 10.8. The van der Waals surface area contributed by atoms with Crippen LogP contribution in [-0.4, -0.2) is 15.1 Å². The van der Waals surface area contributed by atoms with Crippen LogP contribution in [0.1, 0.15) is 37.3 Å². The fraction of sp³-hybridized carbons (Fsp3) is 0.171. The SMILES string of the molecule is CCCCCc1cnc(-c2ccc(-c3ccc(-c4cc(F)c(C(F)(F)Oc5cc(F)c(N=C=S)c(F)c5)c(F)c4)c(F)c3)c(F)c2)nc1. The number of nitrogens with zero attached hydrogens (tertiary/aromatic N) is 3. The molecule has 0 N–H and O–H groups in total. The highest BCUT2D eigenvalue weighted by Gasteiger charge is 2.41. The number of ether oxygens (including phenoxy) is 1. The summed E-state index contributed by atoms with van der Waals surface area (Å²) in [7, 11) is 0. The summed E-state index contributed by atoms with van der Waals surface area (Å²) < 4.78 is 122. The summed E-state index contributed by atoms with van der Waals surface area (Å²) in [5.74, 6) is -9.09. The number of aryl methyl sites for hydroxylation is 1. The van der Waals surface area contributed by atoms with Crippen molar-refractivity contribution in [1.82, 2.24) is 9.97 Å². The minimum absolute atomic E-state index is 0.0138. The molecule has 48 heavy (non-hydrogen) atoms. The maximum atomic E-state index is 15.2. The molecule has 5 aromatic rings. The van der Waals surface area contributed by atoms with E-state index in [-0.39, 0.29) is 16.7 Å². The lowest BCUT2D eigenvalue weighted by Crippen LogP contribution is -2.25. The summed E-state index contributed by atoms with van der Waals surface area (Å²) in [6, 6.07) is 9.02. The molecule has 0 bridgehead atoms. The van der Waals surface area contributed by atoms with Crippen LogP contribution in [0.2, 0.25) is 0 Å². The second kappa shape index (κ2) is 14.4. The Labute approximate surface area is 274 Å². The summed E-state index contributed by atoms with van der Waals surface area (Å²) in [6.07, 6.45) is 2.62. The van der Waals surface area contributed by atoms with E-state index in [1.807, 2.05) is 0 Å². The number of aromatic nitrogens is 2. The molecule has 13 heteroatoms. The van der Waals surface area contributed by atoms with Gasteiger partial charge in [0.15, 0.2) is 17.5 Å². The van der Waals surface area contributed by atoms with Crippen LogP contribution in [0.15, 0.2) is 78.0 Å². The van der Waals surface area contributed by atoms with E-state index in [9.17, 15) is 26.3 Å². The van der Waals surface area contributed by atoms with Crippen LogP contribution in [0.5, 0.6) is 5.75 Å². The quantitative estimate of drug-likeness (QED) is 0.0601. The first-order chi connectivity index (χ1) is 22.9. The van der Waals surface area contributed by atoms with E-state index in [0.717, 1.165) is 43.4 Å². The second-order valence-electron chi connectivity index (χ2n) is 10.6. The largest absolute Gasteiger partial charge is 0.432 e. The lowest BCUT2D eigenvalue weighted by atomic mass is 9.97. The molecule has 0 fully saturated rings. The first kappa shape index (κ1) is 34.3. The molecule has 5 rings (SSSR count). The Kier molecular flexibility index (Phi) is 10.3. The zero-order valence-electron chi connectivity index (χ0n) is 24.9. The highest BCUT2D eigenvalue weighted by molar-refractivity contribution is 7.78. The fourth-order valence-electron chi connectivity index (χ4n) is 4.98. The monoisotopic (exact) mass is 685 g/mol. The van der Waals surface area contributed by atoms with Gasteiger partial charge in [-0.15, -0.1) is 0 Å². The summed E-state index contributed by atoms with van der Waals surface area (Å²) in [4.78, 5) is 11.7. The number of hydrogen-bond acceptors (Lipinski definition) is 5. The van der Waals surface area contributed by atoms with Gasteiger partial charge in [-0.3, -0.25) is 0 Å². The first-order valence-electron chi connectivity index (χ1n) is 14.5. The molecule has 0 aliphatic heterocycles. The molecule has 0 radical (unpaired) electrons. The molecule has 0 spiro atoms. The van der Waals surface area contributed by atoms with Crippen molar-refractivity contribution < 1.29 is 39.9 Å². The number of rotatable bonds is 11. The lowest BCUT2D eigenvalue weighted by molar-refractivity contribution is -0.189. The Bertz CT molecular complexity index is 1990. The van der Waals surface area contributed by atoms with Gasteiger partial charge in [0.1, 0.15) is 40.3 Å². The van der Waals surface area contributed by atoms with Crippen LogP contribution in [0.3, 0.4) is 0 Å². The van der Waals surface area contributed by atoms with E-state index in [0.29, 0.717) is 35.7 Å². The number of hydrogen-bond donors (Lipinski definition) is 0. The highest BCUT2D eigenvalue weighted by Crippen LogP contribution is 2.39. The normalized spacial score (nSPS) is 11.4. The number of aliphatic imine (C=N–C) groups is 1. The number of isothiocyanates is 1. The maximum absolute atomic E-state index is 15.2. The van der Waals surface area contributed by atoms with Gasteiger partial charge < -0.3 is 4.74 Å². The van der Waals surface area contributed by atoms with Crippen molar-refractivity contribution in [1.29, 1.82) is 0 Å². The minimum atomic E-state index is -4.76. The third-order valence-electron chi connectivity index (χ3n) is 7.32. The summed E-state index contributed by atoms with van der Waals surface area (Å²) in [6.45, 7) is 2.10. The van der Waals surface area contributed by atoms with E-state index in [2.05, 4.69) is 38.8 Å². The summed E-state index contributed by atoms with van der Waals surface area (Å²) in [5.41, 5.74) is -2.19. The van der Waals surface area contributed by atoms with Crippen LogP contribution < -0.4 is 4.74 Å². The van der Waals surface area contributed by atoms with Crippen molar-refractivity contribution in [2.45, 2.75) is 38.7 Å². The Morgan fingerprint density at radius 3 is 1.81 bits per heavy atom. The van der Waals surface area contributed by atoms with Crippen LogP contribution in [0.4, 0.5) is 40.8 Å². The van der Waals surface area contributed by atoms with Crippen molar-refractivity contribution in [2.75, 3.05) is 0 Å². The van der Waals surface area contributed by atoms with Crippen molar-refractivity contribution in [3.8, 4) is 39.4 Å². The molecule has 4 nitrogen and oxygen atoms in total. The molecule has 0 aliphatic carbocycles. The Morgan fingerprint density at radius 1 is 0.708 bits per heavy atom. The molecule has 1 heterocycles. The topological polar surface area (TPSA) is 47.4 Å². The first-order valence-corrected chi connectivity index (χ1v) is 14.9. The summed E-state index contributed by atoms with van der Waals surface area (Å²) in [5, 5.41) is 1.72. The van der Waals surface area contributed by atoms with E-state index >= 15 is 8.78 Å². The van der Waals surface area contributed by atoms with Crippen molar-refractivity contribution >= 4 is 23.1 Å². The number of benzene rings is 4. The number of unbranched alkanes of at least 4 members (excludes halogenated alkanes) is 2. The van der Waals surface area contributed by atoms with Crippen LogP contribution in [0.25, 0.3) is 33.6 Å². The third-order valence-corrected chi connectivity index (χ3v) is 7.41. The minimum Gasteiger partial charge on any atom is -0.429 e. The maximum Gasteiger partial charge on any atom is 0.432 e. The van der Waals surface area contributed by atoms with Gasteiger partial charge in [-0.25, -0.2) is 36.3 Å². The van der Waals surface area contributed by atoms with Crippen molar-refractivity contribution in [3.63, 3.8) is 0 Å². The molecular weight excluding hydrogens is 662 g/mol. The average molecular weight is 686 g/mol. The van der Waals surface area contributed by atoms with E-state index in [1.54, 1.807) is 23.6 Å². The lowest BCUT2D eigenvalue weighted by Gasteiger charge is -2.20. The van der Waals surface area contributed by atoms with Gasteiger partial charge in [0, 0.05) is 41.2 Å². The van der Waals surface area contributed by atoms with Gasteiger partial charge in [-0.1, -0.05) is 44.0 Å². The molecule has 0 saturated heterocycles. The Morgan fingerprint density at radius 2 is 1.25 bits per heavy atom. The van der Waals surface area contributed by atoms with Crippen LogP contribution in [-0.2, 0) is 12.5 Å². The Hall–Kier alpha value is -5.00. The standard InChI is InChI=1S/C35H23F8N3OS/c1-2-3-4-5-19-16-44-34(45-17-19)21-7-9-24(27(37)11-21)20-6-8-25(26(36)10-20)22-12-28(38)32(29(39)13-22)35(42,43)47-23-14-30(40)33(46-18-48)31(41)15-23/h6-17H,2-5H2,1H3. The predicted octanol–water partition coefficient (Wildman–Crippen LogP) is 10.9. The molecule has 246 valence electrons. The molecule has 4 aromatic carbocycles. The van der Waals surface area contributed by atoms with Crippen molar-refractivity contribution in [3.05, 3.63) is 119 Å². The van der Waals surface area contributed by atoms with Crippen LogP contribution in [0, 0.1) is 34.9 Å². The number of thiocarbonyl (C=S) groups is 1. The van der Waals surface area contributed by atoms with Gasteiger partial charge in [0.2, 0.25) is 0 Å². The zero-order valence-corrected chi connectivity index (χ0v) is 25.8. The fourth-order valence-corrected chi connectivity index (χ4v) is 5.07. The molecule has 0 aliphatic rings. The molecule has 0 atom stereocenters. The third kappa shape index (κ3) is 7.42. The number of alkyl halides is 2. The molecule has 0 unspecified atom stereocenters. The van der Waals surface area contributed by atoms with Crippen LogP contribution >= 0.6 is 12.2 Å². The van der Waals surface area contributed by atoms with Gasteiger partial charge in [-0.05, 0) is 66.0 Å². The predicted molar refractivity (Wildman–Crippen MR) is 167 cm³/mol. The Balaban J connectivity index is 1.37. The summed E-state index contributed by atoms with van der Waals surface area (Å²) >= 11 is 4.26. The van der Waals surface area contributed by atoms with E-state index < -0.39 is 63.6 Å². The molecular formula is C35H23F8N3OS. The smallest absolute Gasteiger partial charge is 0.429 e. The van der Waals surface area contributed by atoms with Gasteiger partial charge in [0.05, 0.1) is 5.16 Å². The average Bonchev–Trinajstić information content (AvgIpc) is 3.02. The molecule has 0 amide bonds. The molecule has 0 saturated carbocycles.